The van der Waals surface area contributed by atoms with E-state index in [-0.39, 0.29) is 40.2 Å². The van der Waals surface area contributed by atoms with Gasteiger partial charge in [-0.1, -0.05) is 102 Å². The van der Waals surface area contributed by atoms with Crippen molar-refractivity contribution >= 4 is 10.1 Å². The second kappa shape index (κ2) is 16.7. The van der Waals surface area contributed by atoms with Crippen LogP contribution >= 0.6 is 0 Å². The monoisotopic (exact) mass is 420 g/mol. The third-order valence-corrected chi connectivity index (χ3v) is 5.99. The maximum Gasteiger partial charge on any atom is 1.00 e. The molecule has 0 saturated carbocycles. The molecule has 0 aliphatic heterocycles. The van der Waals surface area contributed by atoms with E-state index in [1.54, 1.807) is 0 Å². The average molecular weight is 421 g/mol. The number of benzene rings is 1. The van der Waals surface area contributed by atoms with Gasteiger partial charge in [-0.3, -0.25) is 4.55 Å². The Bertz CT molecular complexity index is 617. The Morgan fingerprint density at radius 2 is 1.21 bits per heavy atom. The quantitative estimate of drug-likeness (QED) is 0.253. The van der Waals surface area contributed by atoms with Crippen molar-refractivity contribution in [2.24, 2.45) is 0 Å². The summed E-state index contributed by atoms with van der Waals surface area (Å²) in [6.07, 6.45) is 18.8. The Kier molecular flexibility index (Phi) is 16.7. The smallest absolute Gasteiger partial charge is 0.872 e. The third-order valence-electron chi connectivity index (χ3n) is 5.14. The third kappa shape index (κ3) is 13.2. The minimum absolute atomic E-state index is 0. The van der Waals surface area contributed by atoms with Crippen molar-refractivity contribution in [2.45, 2.75) is 108 Å². The molecule has 1 aromatic rings. The first-order chi connectivity index (χ1) is 12.9. The topological polar surface area (TPSA) is 77.4 Å². The van der Waals surface area contributed by atoms with Crippen LogP contribution in [0.3, 0.4) is 0 Å². The van der Waals surface area contributed by atoms with E-state index in [1.165, 1.54) is 89.2 Å². The van der Waals surface area contributed by atoms with E-state index < -0.39 is 10.1 Å². The fourth-order valence-electron chi connectivity index (χ4n) is 3.41. The van der Waals surface area contributed by atoms with Crippen LogP contribution in [0.15, 0.2) is 23.1 Å². The molecule has 0 aromatic heterocycles. The van der Waals surface area contributed by atoms with Gasteiger partial charge in [0, 0.05) is 0 Å². The van der Waals surface area contributed by atoms with Gasteiger partial charge in [0.1, 0.15) is 0 Å². The van der Waals surface area contributed by atoms with E-state index in [9.17, 15) is 13.5 Å². The summed E-state index contributed by atoms with van der Waals surface area (Å²) in [7, 11) is -4.29. The van der Waals surface area contributed by atoms with Gasteiger partial charge in [-0.05, 0) is 25.0 Å². The molecule has 4 nitrogen and oxygen atoms in total. The molecule has 0 aliphatic carbocycles. The SMILES string of the molecule is CCCCCCCCCCCCCCCCc1ccc(S(=O)(=O)O)cc1[O-].[Na+]. The van der Waals surface area contributed by atoms with Crippen molar-refractivity contribution in [1.29, 1.82) is 0 Å². The maximum absolute atomic E-state index is 11.9. The van der Waals surface area contributed by atoms with Gasteiger partial charge < -0.3 is 5.11 Å². The zero-order valence-corrected chi connectivity index (χ0v) is 20.7. The van der Waals surface area contributed by atoms with E-state index in [0.717, 1.165) is 18.9 Å². The Balaban J connectivity index is 0.00000729. The Labute approximate surface area is 194 Å². The molecule has 0 radical (unpaired) electrons. The molecular weight excluding hydrogens is 383 g/mol. The van der Waals surface area contributed by atoms with Crippen LogP contribution in [0.5, 0.6) is 5.75 Å². The van der Waals surface area contributed by atoms with Crippen LogP contribution in [-0.2, 0) is 16.5 Å². The van der Waals surface area contributed by atoms with Crippen LogP contribution in [-0.4, -0.2) is 13.0 Å². The molecule has 1 N–H and O–H groups in total. The molecule has 1 aromatic carbocycles. The number of rotatable bonds is 16. The number of aryl methyl sites for hydroxylation is 1. The molecule has 156 valence electrons. The van der Waals surface area contributed by atoms with Crippen molar-refractivity contribution < 1.29 is 47.6 Å². The predicted molar refractivity (Wildman–Crippen MR) is 110 cm³/mol. The van der Waals surface area contributed by atoms with Crippen LogP contribution in [0.2, 0.25) is 0 Å². The Morgan fingerprint density at radius 3 is 1.61 bits per heavy atom. The second-order valence-electron chi connectivity index (χ2n) is 7.59. The van der Waals surface area contributed by atoms with Gasteiger partial charge in [0.15, 0.2) is 0 Å². The van der Waals surface area contributed by atoms with Gasteiger partial charge >= 0.3 is 29.6 Å². The van der Waals surface area contributed by atoms with Crippen molar-refractivity contribution in [3.05, 3.63) is 23.8 Å². The minimum atomic E-state index is -4.29. The first-order valence-corrected chi connectivity index (χ1v) is 12.2. The maximum atomic E-state index is 11.9. The van der Waals surface area contributed by atoms with E-state index in [0.29, 0.717) is 12.0 Å². The normalized spacial score (nSPS) is 11.4. The Hall–Kier alpha value is -0.0700. The molecule has 0 atom stereocenters. The summed E-state index contributed by atoms with van der Waals surface area (Å²) in [6, 6.07) is 3.83. The van der Waals surface area contributed by atoms with Gasteiger partial charge in [0.25, 0.3) is 10.1 Å². The number of unbranched alkanes of at least 4 members (excludes halogenated alkanes) is 13. The zero-order valence-electron chi connectivity index (χ0n) is 17.9. The largest absolute Gasteiger partial charge is 1.00 e. The fraction of sp³-hybridized carbons (Fsp3) is 0.727. The summed E-state index contributed by atoms with van der Waals surface area (Å²) in [4.78, 5) is -0.322. The first-order valence-electron chi connectivity index (χ1n) is 10.7. The van der Waals surface area contributed by atoms with Gasteiger partial charge in [-0.2, -0.15) is 8.42 Å². The van der Waals surface area contributed by atoms with Crippen LogP contribution in [0.4, 0.5) is 0 Å². The molecule has 0 amide bonds. The molecule has 0 saturated heterocycles. The number of hydrogen-bond acceptors (Lipinski definition) is 3. The van der Waals surface area contributed by atoms with E-state index in [2.05, 4.69) is 6.92 Å². The molecule has 28 heavy (non-hydrogen) atoms. The second-order valence-corrected chi connectivity index (χ2v) is 9.01. The summed E-state index contributed by atoms with van der Waals surface area (Å²) in [6.45, 7) is 2.25. The van der Waals surface area contributed by atoms with Crippen LogP contribution in [0.25, 0.3) is 0 Å². The summed E-state index contributed by atoms with van der Waals surface area (Å²) in [5.74, 6) is -0.306. The zero-order chi connectivity index (χ0) is 20.0. The van der Waals surface area contributed by atoms with Gasteiger partial charge in [0.05, 0.1) is 4.90 Å². The Morgan fingerprint density at radius 1 is 0.786 bits per heavy atom. The average Bonchev–Trinajstić information content (AvgIpc) is 2.62. The minimum Gasteiger partial charge on any atom is -0.872 e. The predicted octanol–water partition coefficient (Wildman–Crippen LogP) is 3.03. The summed E-state index contributed by atoms with van der Waals surface area (Å²) in [5, 5.41) is 11.9. The van der Waals surface area contributed by atoms with Gasteiger partial charge in [0.2, 0.25) is 0 Å². The fourth-order valence-corrected chi connectivity index (χ4v) is 3.91. The van der Waals surface area contributed by atoms with Crippen LogP contribution < -0.4 is 34.7 Å². The van der Waals surface area contributed by atoms with Crippen molar-refractivity contribution in [3.63, 3.8) is 0 Å². The number of hydrogen-bond donors (Lipinski definition) is 1. The molecule has 0 heterocycles. The molecule has 0 aliphatic rings. The van der Waals surface area contributed by atoms with Crippen molar-refractivity contribution in [1.82, 2.24) is 0 Å². The first kappa shape index (κ1) is 27.9. The summed E-state index contributed by atoms with van der Waals surface area (Å²) < 4.78 is 31.0. The van der Waals surface area contributed by atoms with Crippen LogP contribution in [0, 0.1) is 0 Å². The standard InChI is InChI=1S/C22H38O4S.Na/c1-2-3-4-5-6-7-8-9-10-11-12-13-14-15-16-20-17-18-21(19-22(20)23)27(24,25)26;/h17-19,23H,2-16H2,1H3,(H,24,25,26);/q;+1/p-1. The van der Waals surface area contributed by atoms with E-state index in [1.807, 2.05) is 0 Å². The molecule has 0 unspecified atom stereocenters. The molecule has 0 spiro atoms. The molecule has 6 heteroatoms. The van der Waals surface area contributed by atoms with Gasteiger partial charge in [-0.15, -0.1) is 5.75 Å². The summed E-state index contributed by atoms with van der Waals surface area (Å²) >= 11 is 0. The molecular formula is C22H37NaO4S. The van der Waals surface area contributed by atoms with E-state index in [4.69, 9.17) is 4.55 Å². The van der Waals surface area contributed by atoms with Crippen molar-refractivity contribution in [2.75, 3.05) is 0 Å². The molecule has 0 fully saturated rings. The van der Waals surface area contributed by atoms with E-state index >= 15 is 0 Å². The van der Waals surface area contributed by atoms with Crippen LogP contribution in [0.1, 0.15) is 102 Å². The van der Waals surface area contributed by atoms with Gasteiger partial charge in [-0.25, -0.2) is 0 Å². The molecule has 1 rings (SSSR count). The summed E-state index contributed by atoms with van der Waals surface area (Å²) in [5.41, 5.74) is 0.626. The molecule has 0 bridgehead atoms. The van der Waals surface area contributed by atoms with Crippen molar-refractivity contribution in [3.8, 4) is 5.75 Å².